The number of ether oxygens (including phenoxy) is 3. The van der Waals surface area contributed by atoms with Crippen molar-refractivity contribution in [1.29, 1.82) is 0 Å². The van der Waals surface area contributed by atoms with Gasteiger partial charge in [-0.1, -0.05) is 0 Å². The van der Waals surface area contributed by atoms with Gasteiger partial charge in [0.2, 0.25) is 0 Å². The number of nitrogens with one attached hydrogen (secondary N) is 1. The van der Waals surface area contributed by atoms with Crippen molar-refractivity contribution < 1.29 is 19.0 Å². The highest BCUT2D eigenvalue weighted by atomic mass is 79.9. The van der Waals surface area contributed by atoms with Gasteiger partial charge in [0.15, 0.2) is 0 Å². The fourth-order valence-corrected chi connectivity index (χ4v) is 2.45. The van der Waals surface area contributed by atoms with Crippen molar-refractivity contribution in [3.05, 3.63) is 22.7 Å². The number of esters is 1. The number of benzene rings is 1. The maximum Gasteiger partial charge on any atom is 0.323 e. The standard InChI is InChI=1S/C13H16BrNO4/c1-17-8-3-4-12(10(14)5-8)19-9-6-11(15-7-9)13(16)18-2/h3-5,9,11,15H,6-7H2,1-2H3. The maximum absolute atomic E-state index is 11.4. The summed E-state index contributed by atoms with van der Waals surface area (Å²) >= 11 is 3.44. The van der Waals surface area contributed by atoms with Crippen LogP contribution in [0.3, 0.4) is 0 Å². The van der Waals surface area contributed by atoms with Crippen LogP contribution in [-0.2, 0) is 9.53 Å². The van der Waals surface area contributed by atoms with E-state index >= 15 is 0 Å². The lowest BCUT2D eigenvalue weighted by atomic mass is 10.2. The van der Waals surface area contributed by atoms with E-state index in [2.05, 4.69) is 21.2 Å². The van der Waals surface area contributed by atoms with E-state index in [1.165, 1.54) is 7.11 Å². The molecule has 0 radical (unpaired) electrons. The van der Waals surface area contributed by atoms with Crippen molar-refractivity contribution in [2.45, 2.75) is 18.6 Å². The Morgan fingerprint density at radius 2 is 2.21 bits per heavy atom. The molecular weight excluding hydrogens is 314 g/mol. The number of hydrogen-bond donors (Lipinski definition) is 1. The second kappa shape index (κ2) is 6.25. The molecule has 1 heterocycles. The molecule has 19 heavy (non-hydrogen) atoms. The summed E-state index contributed by atoms with van der Waals surface area (Å²) in [6, 6.07) is 5.23. The Hall–Kier alpha value is -1.27. The second-order valence-electron chi connectivity index (χ2n) is 4.26. The Morgan fingerprint density at radius 3 is 2.84 bits per heavy atom. The number of rotatable bonds is 4. The molecule has 2 atom stereocenters. The predicted octanol–water partition coefficient (Wildman–Crippen LogP) is 1.74. The van der Waals surface area contributed by atoms with Crippen LogP contribution in [0.1, 0.15) is 6.42 Å². The van der Waals surface area contributed by atoms with Gasteiger partial charge in [0, 0.05) is 13.0 Å². The Bertz CT molecular complexity index is 466. The molecule has 0 bridgehead atoms. The van der Waals surface area contributed by atoms with E-state index in [9.17, 15) is 4.79 Å². The highest BCUT2D eigenvalue weighted by Crippen LogP contribution is 2.30. The van der Waals surface area contributed by atoms with Gasteiger partial charge in [-0.3, -0.25) is 4.79 Å². The second-order valence-corrected chi connectivity index (χ2v) is 5.11. The van der Waals surface area contributed by atoms with Crippen molar-refractivity contribution in [2.75, 3.05) is 20.8 Å². The van der Waals surface area contributed by atoms with Gasteiger partial charge in [-0.2, -0.15) is 0 Å². The minimum atomic E-state index is -0.285. The molecule has 5 nitrogen and oxygen atoms in total. The topological polar surface area (TPSA) is 56.8 Å². The summed E-state index contributed by atoms with van der Waals surface area (Å²) in [6.07, 6.45) is 0.555. The van der Waals surface area contributed by atoms with E-state index in [0.29, 0.717) is 13.0 Å². The number of halogens is 1. The van der Waals surface area contributed by atoms with Gasteiger partial charge in [0.05, 0.1) is 18.7 Å². The van der Waals surface area contributed by atoms with Crippen molar-refractivity contribution in [1.82, 2.24) is 5.32 Å². The first-order valence-electron chi connectivity index (χ1n) is 5.95. The summed E-state index contributed by atoms with van der Waals surface area (Å²) < 4.78 is 16.5. The lowest BCUT2D eigenvalue weighted by Crippen LogP contribution is -2.31. The SMILES string of the molecule is COC(=O)C1CC(Oc2ccc(OC)cc2Br)CN1. The smallest absolute Gasteiger partial charge is 0.323 e. The van der Waals surface area contributed by atoms with E-state index < -0.39 is 0 Å². The average molecular weight is 330 g/mol. The van der Waals surface area contributed by atoms with Gasteiger partial charge in [0.25, 0.3) is 0 Å². The monoisotopic (exact) mass is 329 g/mol. The molecule has 2 unspecified atom stereocenters. The quantitative estimate of drug-likeness (QED) is 0.853. The highest BCUT2D eigenvalue weighted by molar-refractivity contribution is 9.10. The molecule has 0 saturated carbocycles. The van der Waals surface area contributed by atoms with Crippen LogP contribution in [0.4, 0.5) is 0 Å². The van der Waals surface area contributed by atoms with Crippen LogP contribution in [0.15, 0.2) is 22.7 Å². The minimum absolute atomic E-state index is 0.0474. The van der Waals surface area contributed by atoms with Gasteiger partial charge in [-0.05, 0) is 34.1 Å². The van der Waals surface area contributed by atoms with Gasteiger partial charge in [-0.15, -0.1) is 0 Å². The fourth-order valence-electron chi connectivity index (χ4n) is 2.00. The molecule has 1 aliphatic heterocycles. The van der Waals surface area contributed by atoms with Gasteiger partial charge >= 0.3 is 5.97 Å². The molecule has 6 heteroatoms. The number of methoxy groups -OCH3 is 2. The van der Waals surface area contributed by atoms with Gasteiger partial charge < -0.3 is 19.5 Å². The van der Waals surface area contributed by atoms with Crippen LogP contribution in [0.25, 0.3) is 0 Å². The molecule has 0 amide bonds. The zero-order valence-electron chi connectivity index (χ0n) is 10.8. The molecule has 1 fully saturated rings. The Morgan fingerprint density at radius 1 is 1.42 bits per heavy atom. The van der Waals surface area contributed by atoms with E-state index in [1.54, 1.807) is 7.11 Å². The third kappa shape index (κ3) is 3.39. The van der Waals surface area contributed by atoms with Crippen LogP contribution in [0, 0.1) is 0 Å². The first-order valence-corrected chi connectivity index (χ1v) is 6.74. The van der Waals surface area contributed by atoms with Gasteiger partial charge in [-0.25, -0.2) is 0 Å². The average Bonchev–Trinajstić information content (AvgIpc) is 2.88. The number of carbonyl (C=O) groups is 1. The minimum Gasteiger partial charge on any atom is -0.497 e. The van der Waals surface area contributed by atoms with Crippen LogP contribution < -0.4 is 14.8 Å². The Balaban J connectivity index is 1.97. The zero-order chi connectivity index (χ0) is 13.8. The summed E-state index contributed by atoms with van der Waals surface area (Å²) in [5.41, 5.74) is 0. The number of hydrogen-bond acceptors (Lipinski definition) is 5. The Kier molecular flexibility index (Phi) is 4.66. The van der Waals surface area contributed by atoms with Crippen molar-refractivity contribution >= 4 is 21.9 Å². The largest absolute Gasteiger partial charge is 0.497 e. The molecule has 1 aromatic carbocycles. The molecule has 1 N–H and O–H groups in total. The highest BCUT2D eigenvalue weighted by Gasteiger charge is 2.31. The summed E-state index contributed by atoms with van der Waals surface area (Å²) in [4.78, 5) is 11.4. The maximum atomic E-state index is 11.4. The summed E-state index contributed by atoms with van der Waals surface area (Å²) in [7, 11) is 3.00. The van der Waals surface area contributed by atoms with Crippen LogP contribution in [0.5, 0.6) is 11.5 Å². The van der Waals surface area contributed by atoms with Crippen LogP contribution in [-0.4, -0.2) is 38.9 Å². The van der Waals surface area contributed by atoms with E-state index in [1.807, 2.05) is 18.2 Å². The van der Waals surface area contributed by atoms with Crippen molar-refractivity contribution in [2.24, 2.45) is 0 Å². The first kappa shape index (κ1) is 14.1. The Labute approximate surface area is 120 Å². The first-order chi connectivity index (χ1) is 9.13. The van der Waals surface area contributed by atoms with E-state index in [4.69, 9.17) is 14.2 Å². The molecule has 104 valence electrons. The summed E-state index contributed by atoms with van der Waals surface area (Å²) in [5.74, 6) is 1.24. The zero-order valence-corrected chi connectivity index (χ0v) is 12.4. The van der Waals surface area contributed by atoms with E-state index in [-0.39, 0.29) is 18.1 Å². The normalized spacial score (nSPS) is 22.1. The molecule has 0 aliphatic carbocycles. The predicted molar refractivity (Wildman–Crippen MR) is 73.5 cm³/mol. The van der Waals surface area contributed by atoms with Crippen LogP contribution >= 0.6 is 15.9 Å². The van der Waals surface area contributed by atoms with Crippen LogP contribution in [0.2, 0.25) is 0 Å². The third-order valence-electron chi connectivity index (χ3n) is 3.01. The lowest BCUT2D eigenvalue weighted by Gasteiger charge is -2.14. The van der Waals surface area contributed by atoms with E-state index in [0.717, 1.165) is 16.0 Å². The van der Waals surface area contributed by atoms with Crippen molar-refractivity contribution in [3.63, 3.8) is 0 Å². The molecular formula is C13H16BrNO4. The molecule has 1 aliphatic rings. The third-order valence-corrected chi connectivity index (χ3v) is 3.63. The molecule has 1 saturated heterocycles. The van der Waals surface area contributed by atoms with Gasteiger partial charge in [0.1, 0.15) is 23.6 Å². The summed E-state index contributed by atoms with van der Waals surface area (Å²) in [5, 5.41) is 3.08. The molecule has 2 rings (SSSR count). The molecule has 0 spiro atoms. The summed E-state index contributed by atoms with van der Waals surface area (Å²) in [6.45, 7) is 0.623. The number of carbonyl (C=O) groups excluding carboxylic acids is 1. The molecule has 1 aromatic rings. The fraction of sp³-hybridized carbons (Fsp3) is 0.462. The molecule has 0 aromatic heterocycles. The van der Waals surface area contributed by atoms with Crippen molar-refractivity contribution in [3.8, 4) is 11.5 Å². The lowest BCUT2D eigenvalue weighted by molar-refractivity contribution is -0.142.